The molecule has 4 rings (SSSR count). The van der Waals surface area contributed by atoms with Crippen molar-refractivity contribution in [3.63, 3.8) is 0 Å². The second kappa shape index (κ2) is 13.3. The van der Waals surface area contributed by atoms with Crippen molar-refractivity contribution in [3.8, 4) is 11.3 Å². The van der Waals surface area contributed by atoms with Crippen molar-refractivity contribution in [2.24, 2.45) is 4.99 Å². The van der Waals surface area contributed by atoms with Gasteiger partial charge in [0, 0.05) is 52.4 Å². The van der Waals surface area contributed by atoms with E-state index in [1.54, 1.807) is 41.1 Å². The first-order valence-electron chi connectivity index (χ1n) is 13.9. The topological polar surface area (TPSA) is 98.1 Å². The van der Waals surface area contributed by atoms with Gasteiger partial charge < -0.3 is 14.7 Å². The fourth-order valence-electron chi connectivity index (χ4n) is 5.25. The predicted molar refractivity (Wildman–Crippen MR) is 169 cm³/mol. The van der Waals surface area contributed by atoms with Crippen LogP contribution in [0.2, 0.25) is 5.02 Å². The normalized spacial score (nSPS) is 15.5. The van der Waals surface area contributed by atoms with Crippen LogP contribution in [-0.4, -0.2) is 89.7 Å². The first kappa shape index (κ1) is 31.6. The summed E-state index contributed by atoms with van der Waals surface area (Å²) in [5.41, 5.74) is 1.88. The molecular formula is C31H36ClFN8O2. The van der Waals surface area contributed by atoms with Crippen LogP contribution in [0.25, 0.3) is 11.3 Å². The summed E-state index contributed by atoms with van der Waals surface area (Å²) in [5.74, 6) is 0.485. The number of aliphatic imine (C=N–C) groups is 1. The number of pyridine rings is 1. The highest BCUT2D eigenvalue weighted by molar-refractivity contribution is 6.33. The van der Waals surface area contributed by atoms with Crippen LogP contribution < -0.4 is 9.80 Å². The number of aromatic nitrogens is 3. The van der Waals surface area contributed by atoms with Gasteiger partial charge in [-0.15, -0.1) is 0 Å². The Morgan fingerprint density at radius 2 is 1.93 bits per heavy atom. The van der Waals surface area contributed by atoms with Gasteiger partial charge >= 0.3 is 0 Å². The Morgan fingerprint density at radius 3 is 2.51 bits per heavy atom. The Kier molecular flexibility index (Phi) is 9.75. The molecule has 2 amide bonds. The van der Waals surface area contributed by atoms with Gasteiger partial charge in [0.05, 0.1) is 22.0 Å². The van der Waals surface area contributed by atoms with Gasteiger partial charge in [0.25, 0.3) is 0 Å². The highest BCUT2D eigenvalue weighted by Crippen LogP contribution is 2.40. The number of rotatable bonds is 8. The molecule has 0 N–H and O–H groups in total. The van der Waals surface area contributed by atoms with Crippen molar-refractivity contribution in [2.45, 2.75) is 32.7 Å². The van der Waals surface area contributed by atoms with Crippen molar-refractivity contribution in [3.05, 3.63) is 71.4 Å². The maximum Gasteiger partial charge on any atom is 0.246 e. The van der Waals surface area contributed by atoms with E-state index in [1.165, 1.54) is 23.4 Å². The van der Waals surface area contributed by atoms with Gasteiger partial charge in [0.2, 0.25) is 12.3 Å². The van der Waals surface area contributed by atoms with Gasteiger partial charge in [-0.25, -0.2) is 19.3 Å². The lowest BCUT2D eigenvalue weighted by molar-refractivity contribution is -0.128. The van der Waals surface area contributed by atoms with E-state index in [-0.39, 0.29) is 40.0 Å². The van der Waals surface area contributed by atoms with Gasteiger partial charge in [0.15, 0.2) is 11.6 Å². The third-order valence-electron chi connectivity index (χ3n) is 7.30. The second-order valence-corrected chi connectivity index (χ2v) is 11.1. The van der Waals surface area contributed by atoms with E-state index >= 15 is 4.39 Å². The number of hydrogen-bond acceptors (Lipinski definition) is 7. The molecule has 0 radical (unpaired) electrons. The second-order valence-electron chi connectivity index (χ2n) is 10.7. The first-order valence-corrected chi connectivity index (χ1v) is 14.3. The Bertz CT molecular complexity index is 1530. The van der Waals surface area contributed by atoms with Gasteiger partial charge in [-0.05, 0) is 37.1 Å². The van der Waals surface area contributed by atoms with Crippen molar-refractivity contribution < 1.29 is 14.0 Å². The molecule has 3 heterocycles. The SMILES string of the molecule is C=CC(=O)N1CCN(C(=NC)c2cc(Cl)c(-c3ccccc3F)nc2N(C=O)c2c(C(C)C)ncnc2N(C)C)C(C)C1. The molecule has 12 heteroatoms. The number of halogens is 2. The van der Waals surface area contributed by atoms with Crippen LogP contribution in [0.1, 0.15) is 37.9 Å². The van der Waals surface area contributed by atoms with Crippen LogP contribution in [0.3, 0.4) is 0 Å². The first-order chi connectivity index (χ1) is 20.5. The molecule has 0 spiro atoms. The number of amides is 2. The van der Waals surface area contributed by atoms with E-state index in [0.717, 1.165) is 0 Å². The molecule has 0 aliphatic carbocycles. The summed E-state index contributed by atoms with van der Waals surface area (Å²) in [5, 5.41) is 0.185. The third kappa shape index (κ3) is 6.22. The van der Waals surface area contributed by atoms with Crippen LogP contribution in [0.15, 0.2) is 54.3 Å². The van der Waals surface area contributed by atoms with Crippen LogP contribution in [0.5, 0.6) is 0 Å². The Balaban J connectivity index is 1.99. The fraction of sp³-hybridized carbons (Fsp3) is 0.355. The van der Waals surface area contributed by atoms with Crippen LogP contribution in [0.4, 0.5) is 21.7 Å². The minimum atomic E-state index is -0.505. The zero-order chi connectivity index (χ0) is 31.4. The molecule has 43 heavy (non-hydrogen) atoms. The smallest absolute Gasteiger partial charge is 0.246 e. The van der Waals surface area contributed by atoms with E-state index < -0.39 is 5.82 Å². The Morgan fingerprint density at radius 1 is 1.21 bits per heavy atom. The number of nitrogens with zero attached hydrogens (tertiary/aromatic N) is 8. The standard InChI is InChI=1S/C31H36ClFN8O2/c1-8-25(43)39-13-14-40(20(4)16-39)29(34-5)22-15-23(32)27(21-11-9-10-12-24(21)33)37-30(22)41(18-42)28-26(19(2)3)35-17-36-31(28)38(6)7/h8-12,15,17-20H,1,13-14,16H2,2-7H3. The Hall–Kier alpha value is -4.38. The van der Waals surface area contributed by atoms with E-state index in [4.69, 9.17) is 16.6 Å². The fourth-order valence-corrected chi connectivity index (χ4v) is 5.50. The lowest BCUT2D eigenvalue weighted by Crippen LogP contribution is -2.55. The van der Waals surface area contributed by atoms with Gasteiger partial charge in [0.1, 0.15) is 23.7 Å². The van der Waals surface area contributed by atoms with E-state index in [2.05, 4.69) is 21.5 Å². The summed E-state index contributed by atoms with van der Waals surface area (Å²) in [6.45, 7) is 10.9. The highest BCUT2D eigenvalue weighted by atomic mass is 35.5. The highest BCUT2D eigenvalue weighted by Gasteiger charge is 2.33. The van der Waals surface area contributed by atoms with E-state index in [1.807, 2.05) is 39.8 Å². The maximum absolute atomic E-state index is 15.1. The molecule has 1 atom stereocenters. The largest absolute Gasteiger partial charge is 0.361 e. The zero-order valence-corrected chi connectivity index (χ0v) is 26.0. The molecule has 2 aromatic heterocycles. The number of amidine groups is 1. The summed E-state index contributed by atoms with van der Waals surface area (Å²) < 4.78 is 15.1. The zero-order valence-electron chi connectivity index (χ0n) is 25.3. The quantitative estimate of drug-likeness (QED) is 0.156. The summed E-state index contributed by atoms with van der Waals surface area (Å²) in [7, 11) is 5.29. The van der Waals surface area contributed by atoms with E-state index in [9.17, 15) is 9.59 Å². The number of anilines is 3. The minimum Gasteiger partial charge on any atom is -0.361 e. The van der Waals surface area contributed by atoms with Crippen molar-refractivity contribution in [2.75, 3.05) is 50.6 Å². The number of benzene rings is 1. The molecule has 1 aliphatic heterocycles. The van der Waals surface area contributed by atoms with Crippen molar-refractivity contribution in [1.29, 1.82) is 0 Å². The monoisotopic (exact) mass is 606 g/mol. The van der Waals surface area contributed by atoms with Crippen LogP contribution >= 0.6 is 11.6 Å². The van der Waals surface area contributed by atoms with Gasteiger partial charge in [-0.1, -0.05) is 44.2 Å². The Labute approximate surface area is 256 Å². The average Bonchev–Trinajstić information content (AvgIpc) is 2.99. The lowest BCUT2D eigenvalue weighted by Gasteiger charge is -2.41. The molecule has 0 saturated carbocycles. The molecule has 226 valence electrons. The number of carbonyl (C=O) groups is 2. The number of hydrogen-bond donors (Lipinski definition) is 0. The summed E-state index contributed by atoms with van der Waals surface area (Å²) in [4.78, 5) is 50.9. The minimum absolute atomic E-state index is 0.0734. The number of piperazine rings is 1. The summed E-state index contributed by atoms with van der Waals surface area (Å²) >= 11 is 6.82. The van der Waals surface area contributed by atoms with Crippen LogP contribution in [0, 0.1) is 5.82 Å². The van der Waals surface area contributed by atoms with Crippen molar-refractivity contribution in [1.82, 2.24) is 24.8 Å². The molecule has 3 aromatic rings. The summed E-state index contributed by atoms with van der Waals surface area (Å²) in [6.07, 6.45) is 3.42. The van der Waals surface area contributed by atoms with E-state index in [0.29, 0.717) is 54.6 Å². The molecule has 1 unspecified atom stereocenters. The molecule has 0 bridgehead atoms. The molecule has 10 nitrogen and oxygen atoms in total. The number of carbonyl (C=O) groups excluding carboxylic acids is 2. The van der Waals surface area contributed by atoms with Crippen molar-refractivity contribution >= 4 is 47.1 Å². The molecule has 1 aliphatic rings. The van der Waals surface area contributed by atoms with Gasteiger partial charge in [-0.2, -0.15) is 0 Å². The third-order valence-corrected chi connectivity index (χ3v) is 7.59. The average molecular weight is 607 g/mol. The maximum atomic E-state index is 15.1. The lowest BCUT2D eigenvalue weighted by atomic mass is 10.0. The molecule has 1 fully saturated rings. The van der Waals surface area contributed by atoms with Crippen LogP contribution in [-0.2, 0) is 9.59 Å². The summed E-state index contributed by atoms with van der Waals surface area (Å²) in [6, 6.07) is 7.71. The van der Waals surface area contributed by atoms with Gasteiger partial charge in [-0.3, -0.25) is 19.5 Å². The molecule has 1 aromatic carbocycles. The molecular weight excluding hydrogens is 571 g/mol. The molecule has 1 saturated heterocycles. The predicted octanol–water partition coefficient (Wildman–Crippen LogP) is 4.91.